The van der Waals surface area contributed by atoms with E-state index in [1.54, 1.807) is 0 Å². The van der Waals surface area contributed by atoms with Crippen molar-refractivity contribution in [3.8, 4) is 0 Å². The Kier molecular flexibility index (Phi) is 17.0. The van der Waals surface area contributed by atoms with E-state index < -0.39 is 0 Å². The van der Waals surface area contributed by atoms with Gasteiger partial charge in [0, 0.05) is 6.42 Å². The number of methoxy groups -OCH3 is 1. The molecule has 0 saturated heterocycles. The summed E-state index contributed by atoms with van der Waals surface area (Å²) in [4.78, 5) is 10.9. The van der Waals surface area contributed by atoms with Crippen molar-refractivity contribution in [3.63, 3.8) is 0 Å². The predicted molar refractivity (Wildman–Crippen MR) is 102 cm³/mol. The molecule has 138 valence electrons. The summed E-state index contributed by atoms with van der Waals surface area (Å²) >= 11 is 0. The van der Waals surface area contributed by atoms with Crippen molar-refractivity contribution in [1.29, 1.82) is 0 Å². The number of hydrogen-bond acceptors (Lipinski definition) is 3. The van der Waals surface area contributed by atoms with Crippen LogP contribution in [0, 0.1) is 0 Å². The van der Waals surface area contributed by atoms with Crippen molar-refractivity contribution in [2.75, 3.05) is 7.11 Å². The number of esters is 1. The first-order valence-electron chi connectivity index (χ1n) is 9.40. The first-order valence-corrected chi connectivity index (χ1v) is 9.40. The lowest BCUT2D eigenvalue weighted by Gasteiger charge is -2.05. The molecule has 0 aliphatic rings. The predicted octanol–water partition coefficient (Wildman–Crippen LogP) is 5.50. The number of allylic oxidation sites excluding steroid dienone is 5. The Hall–Kier alpha value is -1.35. The molecule has 1 unspecified atom stereocenters. The summed E-state index contributed by atoms with van der Waals surface area (Å²) in [6, 6.07) is 0. The highest BCUT2D eigenvalue weighted by Crippen LogP contribution is 2.12. The van der Waals surface area contributed by atoms with E-state index in [2.05, 4.69) is 16.9 Å². The molecule has 0 aromatic heterocycles. The molecule has 24 heavy (non-hydrogen) atoms. The fourth-order valence-electron chi connectivity index (χ4n) is 2.45. The Morgan fingerprint density at radius 3 is 2.21 bits per heavy atom. The van der Waals surface area contributed by atoms with Crippen molar-refractivity contribution in [2.24, 2.45) is 0 Å². The van der Waals surface area contributed by atoms with Gasteiger partial charge in [-0.3, -0.25) is 4.79 Å². The highest BCUT2D eigenvalue weighted by Gasteiger charge is 2.00. The molecule has 0 rings (SSSR count). The molecular formula is C21H36O3. The molecule has 1 atom stereocenters. The van der Waals surface area contributed by atoms with Gasteiger partial charge in [0.25, 0.3) is 0 Å². The van der Waals surface area contributed by atoms with Gasteiger partial charge in [0.15, 0.2) is 0 Å². The average Bonchev–Trinajstić information content (AvgIpc) is 2.59. The molecule has 3 nitrogen and oxygen atoms in total. The summed E-state index contributed by atoms with van der Waals surface area (Å²) in [5.41, 5.74) is 0. The SMILES string of the molecule is CC=CCC=CC=CC(O)CCCCCCCCCCC(=O)OC. The second-order valence-electron chi connectivity index (χ2n) is 6.13. The summed E-state index contributed by atoms with van der Waals surface area (Å²) in [5.74, 6) is -0.101. The van der Waals surface area contributed by atoms with E-state index in [1.807, 2.05) is 31.2 Å². The third-order valence-corrected chi connectivity index (χ3v) is 3.95. The lowest BCUT2D eigenvalue weighted by atomic mass is 10.0. The van der Waals surface area contributed by atoms with Crippen LogP contribution >= 0.6 is 0 Å². The molecule has 0 aromatic rings. The zero-order valence-electron chi connectivity index (χ0n) is 15.6. The van der Waals surface area contributed by atoms with Gasteiger partial charge in [-0.15, -0.1) is 0 Å². The van der Waals surface area contributed by atoms with Gasteiger partial charge in [-0.05, 0) is 26.2 Å². The third-order valence-electron chi connectivity index (χ3n) is 3.95. The van der Waals surface area contributed by atoms with Gasteiger partial charge in [0.1, 0.15) is 0 Å². The van der Waals surface area contributed by atoms with Gasteiger partial charge in [-0.25, -0.2) is 0 Å². The second-order valence-corrected chi connectivity index (χ2v) is 6.13. The van der Waals surface area contributed by atoms with E-state index >= 15 is 0 Å². The normalized spacial score (nSPS) is 13.3. The number of rotatable bonds is 15. The molecule has 0 aromatic carbocycles. The molecule has 0 spiro atoms. The largest absolute Gasteiger partial charge is 0.469 e. The lowest BCUT2D eigenvalue weighted by molar-refractivity contribution is -0.140. The van der Waals surface area contributed by atoms with Gasteiger partial charge in [-0.1, -0.05) is 81.4 Å². The minimum atomic E-state index is -0.324. The number of carbonyl (C=O) groups is 1. The maximum atomic E-state index is 10.9. The number of unbranched alkanes of at least 4 members (excludes halogenated alkanes) is 7. The Morgan fingerprint density at radius 1 is 0.958 bits per heavy atom. The maximum absolute atomic E-state index is 10.9. The minimum absolute atomic E-state index is 0.101. The second kappa shape index (κ2) is 18.0. The van der Waals surface area contributed by atoms with Crippen LogP contribution in [0.2, 0.25) is 0 Å². The number of hydrogen-bond donors (Lipinski definition) is 1. The Labute approximate surface area is 148 Å². The molecule has 0 radical (unpaired) electrons. The van der Waals surface area contributed by atoms with Gasteiger partial charge in [0.2, 0.25) is 0 Å². The van der Waals surface area contributed by atoms with Crippen LogP contribution in [0.1, 0.15) is 77.6 Å². The van der Waals surface area contributed by atoms with Crippen LogP contribution in [-0.2, 0) is 9.53 Å². The van der Waals surface area contributed by atoms with Crippen LogP contribution in [0.5, 0.6) is 0 Å². The van der Waals surface area contributed by atoms with Crippen LogP contribution in [-0.4, -0.2) is 24.3 Å². The van der Waals surface area contributed by atoms with Crippen LogP contribution in [0.3, 0.4) is 0 Å². The van der Waals surface area contributed by atoms with Crippen LogP contribution in [0.4, 0.5) is 0 Å². The van der Waals surface area contributed by atoms with Crippen molar-refractivity contribution in [1.82, 2.24) is 0 Å². The monoisotopic (exact) mass is 336 g/mol. The first-order chi connectivity index (χ1) is 11.7. The first kappa shape index (κ1) is 22.6. The van der Waals surface area contributed by atoms with Crippen LogP contribution < -0.4 is 0 Å². The van der Waals surface area contributed by atoms with Crippen LogP contribution in [0.25, 0.3) is 0 Å². The number of aliphatic hydroxyl groups excluding tert-OH is 1. The zero-order valence-corrected chi connectivity index (χ0v) is 15.6. The molecule has 1 N–H and O–H groups in total. The van der Waals surface area contributed by atoms with E-state index in [4.69, 9.17) is 0 Å². The van der Waals surface area contributed by atoms with E-state index in [-0.39, 0.29) is 12.1 Å². The summed E-state index contributed by atoms with van der Waals surface area (Å²) < 4.78 is 4.62. The van der Waals surface area contributed by atoms with E-state index in [1.165, 1.54) is 39.2 Å². The molecular weight excluding hydrogens is 300 g/mol. The summed E-state index contributed by atoms with van der Waals surface area (Å²) in [5, 5.41) is 9.84. The quantitative estimate of drug-likeness (QED) is 0.186. The fourth-order valence-corrected chi connectivity index (χ4v) is 2.45. The zero-order chi connectivity index (χ0) is 17.9. The van der Waals surface area contributed by atoms with Gasteiger partial charge >= 0.3 is 5.97 Å². The molecule has 0 bridgehead atoms. The minimum Gasteiger partial charge on any atom is -0.469 e. The average molecular weight is 337 g/mol. The van der Waals surface area contributed by atoms with Crippen molar-refractivity contribution < 1.29 is 14.6 Å². The van der Waals surface area contributed by atoms with Crippen LogP contribution in [0.15, 0.2) is 36.5 Å². The molecule has 0 aliphatic carbocycles. The molecule has 0 saturated carbocycles. The number of aliphatic hydroxyl groups is 1. The summed E-state index contributed by atoms with van der Waals surface area (Å²) in [6.45, 7) is 2.01. The van der Waals surface area contributed by atoms with Crippen molar-refractivity contribution in [3.05, 3.63) is 36.5 Å². The Bertz CT molecular complexity index is 369. The lowest BCUT2D eigenvalue weighted by Crippen LogP contribution is -2.01. The van der Waals surface area contributed by atoms with Gasteiger partial charge in [-0.2, -0.15) is 0 Å². The molecule has 3 heteroatoms. The standard InChI is InChI=1S/C21H36O3/c1-3-4-5-6-11-14-17-20(22)18-15-12-9-7-8-10-13-16-19-21(23)24-2/h3-4,6,11,14,17,20,22H,5,7-10,12-13,15-16,18-19H2,1-2H3. The van der Waals surface area contributed by atoms with E-state index in [9.17, 15) is 9.90 Å². The summed E-state index contributed by atoms with van der Waals surface area (Å²) in [6.07, 6.45) is 23.2. The smallest absolute Gasteiger partial charge is 0.305 e. The van der Waals surface area contributed by atoms with E-state index in [0.717, 1.165) is 32.1 Å². The van der Waals surface area contributed by atoms with Crippen molar-refractivity contribution in [2.45, 2.75) is 83.7 Å². The highest BCUT2D eigenvalue weighted by molar-refractivity contribution is 5.68. The topological polar surface area (TPSA) is 46.5 Å². The molecule has 0 fully saturated rings. The Balaban J connectivity index is 3.35. The highest BCUT2D eigenvalue weighted by atomic mass is 16.5. The Morgan fingerprint density at radius 2 is 1.58 bits per heavy atom. The molecule has 0 amide bonds. The fraction of sp³-hybridized carbons (Fsp3) is 0.667. The number of ether oxygens (including phenoxy) is 1. The molecule has 0 aliphatic heterocycles. The summed E-state index contributed by atoms with van der Waals surface area (Å²) in [7, 11) is 1.44. The maximum Gasteiger partial charge on any atom is 0.305 e. The molecule has 0 heterocycles. The van der Waals surface area contributed by atoms with E-state index in [0.29, 0.717) is 6.42 Å². The van der Waals surface area contributed by atoms with Crippen molar-refractivity contribution >= 4 is 5.97 Å². The number of carbonyl (C=O) groups excluding carboxylic acids is 1. The third kappa shape index (κ3) is 17.0. The van der Waals surface area contributed by atoms with Gasteiger partial charge < -0.3 is 9.84 Å². The van der Waals surface area contributed by atoms with Gasteiger partial charge in [0.05, 0.1) is 13.2 Å².